The topological polar surface area (TPSA) is 73.0 Å². The Balaban J connectivity index is 1.88. The number of carbonyl (C=O) groups is 1. The first kappa shape index (κ1) is 12.8. The second kappa shape index (κ2) is 4.84. The van der Waals surface area contributed by atoms with Crippen LogP contribution in [0.25, 0.3) is 0 Å². The number of benzene rings is 1. The maximum Gasteiger partial charge on any atom is 0.269 e. The SMILES string of the molecule is O=C1CCCC2=Nc3nnnn3C(c3ccc(Br)cc3)C12. The number of fused-ring (bicyclic) bond motifs is 2. The van der Waals surface area contributed by atoms with Gasteiger partial charge in [0, 0.05) is 16.6 Å². The Morgan fingerprint density at radius 2 is 2.00 bits per heavy atom. The molecule has 1 fully saturated rings. The molecule has 0 N–H and O–H groups in total. The van der Waals surface area contributed by atoms with Crippen LogP contribution in [0.3, 0.4) is 0 Å². The van der Waals surface area contributed by atoms with Crippen molar-refractivity contribution in [1.82, 2.24) is 20.2 Å². The Labute approximate surface area is 129 Å². The summed E-state index contributed by atoms with van der Waals surface area (Å²) < 4.78 is 2.67. The molecule has 0 saturated heterocycles. The normalized spacial score (nSPS) is 24.2. The van der Waals surface area contributed by atoms with Gasteiger partial charge in [0.05, 0.1) is 12.0 Å². The zero-order valence-electron chi connectivity index (χ0n) is 11.1. The lowest BCUT2D eigenvalue weighted by Crippen LogP contribution is -2.39. The van der Waals surface area contributed by atoms with Crippen molar-refractivity contribution in [2.75, 3.05) is 0 Å². The third kappa shape index (κ3) is 2.03. The van der Waals surface area contributed by atoms with Gasteiger partial charge >= 0.3 is 0 Å². The van der Waals surface area contributed by atoms with Crippen LogP contribution >= 0.6 is 15.9 Å². The van der Waals surface area contributed by atoms with Crippen LogP contribution in [0.5, 0.6) is 0 Å². The highest BCUT2D eigenvalue weighted by Crippen LogP contribution is 2.39. The van der Waals surface area contributed by atoms with E-state index in [4.69, 9.17) is 0 Å². The number of rotatable bonds is 1. The number of nitrogens with zero attached hydrogens (tertiary/aromatic N) is 5. The Kier molecular flexibility index (Phi) is 2.95. The van der Waals surface area contributed by atoms with Gasteiger partial charge in [-0.15, -0.1) is 0 Å². The van der Waals surface area contributed by atoms with Crippen LogP contribution in [-0.2, 0) is 4.79 Å². The molecule has 1 saturated carbocycles. The van der Waals surface area contributed by atoms with Crippen LogP contribution < -0.4 is 0 Å². The first-order valence-corrected chi connectivity index (χ1v) is 7.67. The van der Waals surface area contributed by atoms with E-state index in [0.717, 1.165) is 28.6 Å². The number of tetrazole rings is 1. The summed E-state index contributed by atoms with van der Waals surface area (Å²) in [4.78, 5) is 16.9. The lowest BCUT2D eigenvalue weighted by atomic mass is 9.78. The molecule has 2 aliphatic rings. The molecule has 1 aliphatic carbocycles. The average molecular weight is 346 g/mol. The standard InChI is InChI=1S/C14H12BrN5O/c15-9-6-4-8(5-7-9)13-12-10(2-1-3-11(12)21)16-14-17-18-19-20(13)14/h4-7,12-13H,1-3H2. The Morgan fingerprint density at radius 1 is 1.19 bits per heavy atom. The highest BCUT2D eigenvalue weighted by Gasteiger charge is 2.41. The number of halogens is 1. The van der Waals surface area contributed by atoms with Gasteiger partial charge < -0.3 is 0 Å². The highest BCUT2D eigenvalue weighted by atomic mass is 79.9. The van der Waals surface area contributed by atoms with Crippen molar-refractivity contribution in [3.63, 3.8) is 0 Å². The van der Waals surface area contributed by atoms with Gasteiger partial charge in [0.25, 0.3) is 5.95 Å². The zero-order valence-corrected chi connectivity index (χ0v) is 12.7. The maximum absolute atomic E-state index is 12.4. The van der Waals surface area contributed by atoms with E-state index >= 15 is 0 Å². The molecule has 4 rings (SSSR count). The number of hydrogen-bond acceptors (Lipinski definition) is 5. The summed E-state index contributed by atoms with van der Waals surface area (Å²) in [5, 5.41) is 11.7. The fraction of sp³-hybridized carbons (Fsp3) is 0.357. The van der Waals surface area contributed by atoms with Crippen molar-refractivity contribution >= 4 is 33.4 Å². The number of Topliss-reactive ketones (excluding diaryl/α,β-unsaturated/α-hetero) is 1. The van der Waals surface area contributed by atoms with Crippen molar-refractivity contribution in [3.05, 3.63) is 34.3 Å². The monoisotopic (exact) mass is 345 g/mol. The molecule has 7 heteroatoms. The number of ketones is 1. The van der Waals surface area contributed by atoms with Crippen LogP contribution in [0.15, 0.2) is 33.7 Å². The van der Waals surface area contributed by atoms with Crippen LogP contribution in [0, 0.1) is 5.92 Å². The summed E-state index contributed by atoms with van der Waals surface area (Å²) in [6.45, 7) is 0. The second-order valence-corrected chi connectivity index (χ2v) is 6.24. The molecule has 6 nitrogen and oxygen atoms in total. The number of carbonyl (C=O) groups excluding carboxylic acids is 1. The predicted octanol–water partition coefficient (Wildman–Crippen LogP) is 2.48. The van der Waals surface area contributed by atoms with Gasteiger partial charge in [-0.05, 0) is 41.0 Å². The second-order valence-electron chi connectivity index (χ2n) is 5.32. The van der Waals surface area contributed by atoms with Gasteiger partial charge in [-0.1, -0.05) is 33.2 Å². The minimum atomic E-state index is -0.240. The van der Waals surface area contributed by atoms with Crippen LogP contribution in [-0.4, -0.2) is 31.7 Å². The summed E-state index contributed by atoms with van der Waals surface area (Å²) in [6, 6.07) is 7.76. The lowest BCUT2D eigenvalue weighted by Gasteiger charge is -2.33. The van der Waals surface area contributed by atoms with Crippen molar-refractivity contribution in [2.24, 2.45) is 10.9 Å². The van der Waals surface area contributed by atoms with E-state index < -0.39 is 0 Å². The first-order chi connectivity index (χ1) is 10.2. The van der Waals surface area contributed by atoms with E-state index in [1.165, 1.54) is 0 Å². The molecule has 0 bridgehead atoms. The lowest BCUT2D eigenvalue weighted by molar-refractivity contribution is -0.122. The first-order valence-electron chi connectivity index (χ1n) is 6.87. The molecular weight excluding hydrogens is 334 g/mol. The van der Waals surface area contributed by atoms with Gasteiger partial charge in [0.15, 0.2) is 0 Å². The minimum absolute atomic E-state index is 0.191. The van der Waals surface area contributed by atoms with Crippen molar-refractivity contribution in [2.45, 2.75) is 25.3 Å². The predicted molar refractivity (Wildman–Crippen MR) is 79.5 cm³/mol. The molecule has 2 aromatic rings. The fourth-order valence-corrected chi connectivity index (χ4v) is 3.39. The summed E-state index contributed by atoms with van der Waals surface area (Å²) in [7, 11) is 0. The van der Waals surface area contributed by atoms with Crippen LogP contribution in [0.1, 0.15) is 30.9 Å². The molecule has 1 aliphatic heterocycles. The van der Waals surface area contributed by atoms with E-state index in [1.807, 2.05) is 24.3 Å². The summed E-state index contributed by atoms with van der Waals surface area (Å²) >= 11 is 3.44. The van der Waals surface area contributed by atoms with Gasteiger partial charge in [-0.2, -0.15) is 0 Å². The molecule has 1 aromatic heterocycles. The van der Waals surface area contributed by atoms with E-state index in [0.29, 0.717) is 12.4 Å². The third-order valence-electron chi connectivity index (χ3n) is 4.07. The largest absolute Gasteiger partial charge is 0.299 e. The van der Waals surface area contributed by atoms with Crippen molar-refractivity contribution in [1.29, 1.82) is 0 Å². The Bertz CT molecular complexity index is 736. The average Bonchev–Trinajstić information content (AvgIpc) is 2.94. The molecular formula is C14H12BrN5O. The molecule has 2 heterocycles. The number of aliphatic imine (C=N–C) groups is 1. The summed E-state index contributed by atoms with van der Waals surface area (Å²) in [6.07, 6.45) is 2.31. The summed E-state index contributed by atoms with van der Waals surface area (Å²) in [5.74, 6) is 0.480. The molecule has 0 spiro atoms. The fourth-order valence-electron chi connectivity index (χ4n) is 3.13. The van der Waals surface area contributed by atoms with Gasteiger partial charge in [0.1, 0.15) is 5.78 Å². The minimum Gasteiger partial charge on any atom is -0.299 e. The van der Waals surface area contributed by atoms with E-state index in [1.54, 1.807) is 4.68 Å². The molecule has 106 valence electrons. The van der Waals surface area contributed by atoms with Gasteiger partial charge in [-0.3, -0.25) is 4.79 Å². The van der Waals surface area contributed by atoms with E-state index in [-0.39, 0.29) is 17.7 Å². The molecule has 1 aromatic carbocycles. The van der Waals surface area contributed by atoms with E-state index in [9.17, 15) is 4.79 Å². The molecule has 21 heavy (non-hydrogen) atoms. The number of hydrogen-bond donors (Lipinski definition) is 0. The zero-order chi connectivity index (χ0) is 14.4. The van der Waals surface area contributed by atoms with Crippen molar-refractivity contribution in [3.8, 4) is 0 Å². The van der Waals surface area contributed by atoms with Crippen LogP contribution in [0.2, 0.25) is 0 Å². The smallest absolute Gasteiger partial charge is 0.269 e. The van der Waals surface area contributed by atoms with Gasteiger partial charge in [0.2, 0.25) is 0 Å². The number of aromatic nitrogens is 4. The quantitative estimate of drug-likeness (QED) is 0.795. The maximum atomic E-state index is 12.4. The Morgan fingerprint density at radius 3 is 2.81 bits per heavy atom. The molecule has 0 radical (unpaired) electrons. The molecule has 2 unspecified atom stereocenters. The summed E-state index contributed by atoms with van der Waals surface area (Å²) in [5.41, 5.74) is 1.95. The van der Waals surface area contributed by atoms with Gasteiger partial charge in [-0.25, -0.2) is 9.67 Å². The molecule has 0 amide bonds. The Hall–Kier alpha value is -1.89. The third-order valence-corrected chi connectivity index (χ3v) is 4.60. The highest BCUT2D eigenvalue weighted by molar-refractivity contribution is 9.10. The van der Waals surface area contributed by atoms with Crippen molar-refractivity contribution < 1.29 is 4.79 Å². The van der Waals surface area contributed by atoms with Crippen LogP contribution in [0.4, 0.5) is 5.95 Å². The van der Waals surface area contributed by atoms with E-state index in [2.05, 4.69) is 36.4 Å². The molecule has 2 atom stereocenters.